The van der Waals surface area contributed by atoms with Gasteiger partial charge in [-0.2, -0.15) is 0 Å². The van der Waals surface area contributed by atoms with Crippen molar-refractivity contribution in [3.8, 4) is 11.1 Å². The third-order valence-corrected chi connectivity index (χ3v) is 8.36. The predicted molar refractivity (Wildman–Crippen MR) is 160 cm³/mol. The molecule has 5 aromatic carbocycles. The third kappa shape index (κ3) is 2.82. The fraction of sp³-hybridized carbons (Fsp3) is 0. The van der Waals surface area contributed by atoms with Crippen LogP contribution in [0.15, 0.2) is 128 Å². The third-order valence-electron chi connectivity index (χ3n) is 7.11. The predicted octanol–water partition coefficient (Wildman–Crippen LogP) is 10.2. The summed E-state index contributed by atoms with van der Waals surface area (Å²) in [5, 5.41) is 7.75. The van der Waals surface area contributed by atoms with E-state index in [1.165, 1.54) is 63.9 Å². The summed E-state index contributed by atoms with van der Waals surface area (Å²) >= 11 is 1.89. The zero-order valence-electron chi connectivity index (χ0n) is 19.7. The number of allylic oxidation sites excluding steroid dienone is 4. The van der Waals surface area contributed by atoms with Crippen LogP contribution in [0.25, 0.3) is 69.6 Å². The summed E-state index contributed by atoms with van der Waals surface area (Å²) in [5.74, 6) is 0. The normalized spacial score (nSPS) is 12.3. The van der Waals surface area contributed by atoms with Crippen molar-refractivity contribution in [2.24, 2.45) is 0 Å². The quantitative estimate of drug-likeness (QED) is 0.222. The lowest BCUT2D eigenvalue weighted by Gasteiger charge is -2.10. The summed E-state index contributed by atoms with van der Waals surface area (Å²) in [4.78, 5) is 0. The summed E-state index contributed by atoms with van der Waals surface area (Å²) in [5.41, 5.74) is 5.96. The van der Waals surface area contributed by atoms with E-state index in [-0.39, 0.29) is 0 Å². The highest BCUT2D eigenvalue weighted by Crippen LogP contribution is 2.49. The highest BCUT2D eigenvalue weighted by molar-refractivity contribution is 7.27. The maximum atomic E-state index is 4.15. The maximum absolute atomic E-state index is 4.15. The minimum atomic E-state index is 1.02. The van der Waals surface area contributed by atoms with E-state index in [2.05, 4.69) is 115 Å². The smallest absolute Gasteiger partial charge is 0.0726 e. The van der Waals surface area contributed by atoms with Crippen molar-refractivity contribution < 1.29 is 0 Å². The van der Waals surface area contributed by atoms with Crippen molar-refractivity contribution >= 4 is 69.8 Å². The van der Waals surface area contributed by atoms with Crippen molar-refractivity contribution in [3.63, 3.8) is 0 Å². The molecule has 0 unspecified atom stereocenters. The Morgan fingerprint density at radius 1 is 0.639 bits per heavy atom. The molecule has 2 heterocycles. The van der Waals surface area contributed by atoms with Crippen LogP contribution < -0.4 is 0 Å². The van der Waals surface area contributed by atoms with Crippen LogP contribution in [-0.2, 0) is 0 Å². The molecule has 7 rings (SSSR count). The number of benzene rings is 5. The number of hydrogen-bond acceptors (Lipinski definition) is 1. The Bertz CT molecular complexity index is 2020. The minimum Gasteiger partial charge on any atom is -0.308 e. The van der Waals surface area contributed by atoms with E-state index in [1.807, 2.05) is 29.6 Å². The van der Waals surface area contributed by atoms with E-state index >= 15 is 0 Å². The monoisotopic (exact) mass is 477 g/mol. The van der Waals surface area contributed by atoms with Gasteiger partial charge in [-0.1, -0.05) is 110 Å². The van der Waals surface area contributed by atoms with Gasteiger partial charge in [0.05, 0.1) is 15.7 Å². The largest absolute Gasteiger partial charge is 0.308 e. The summed E-state index contributed by atoms with van der Waals surface area (Å²) in [6.07, 6.45) is 5.81. The summed E-state index contributed by atoms with van der Waals surface area (Å²) in [6.45, 7) is 8.13. The van der Waals surface area contributed by atoms with Crippen LogP contribution in [0.1, 0.15) is 0 Å². The Hall–Kier alpha value is -4.40. The first kappa shape index (κ1) is 20.9. The fourth-order valence-electron chi connectivity index (χ4n) is 5.67. The highest BCUT2D eigenvalue weighted by Gasteiger charge is 2.22. The second-order valence-corrected chi connectivity index (χ2v) is 10.0. The van der Waals surface area contributed by atoms with Crippen molar-refractivity contribution in [1.82, 2.24) is 4.57 Å². The molecule has 0 atom stereocenters. The van der Waals surface area contributed by atoms with Gasteiger partial charge in [0, 0.05) is 31.9 Å². The van der Waals surface area contributed by atoms with Crippen LogP contribution >= 0.6 is 11.3 Å². The standard InChI is InChI=1S/C34H23NS/c1-3-13-23(4-2)35-29-21-11-10-18-27(29)30-25-16-8-9-17-26(25)31-28-20-12-19-24(22-14-6-5-7-15-22)33(28)36-34(31)32(30)35/h3-21H,1-2H2/b23-13+. The second-order valence-electron chi connectivity index (χ2n) is 9.01. The Kier molecular flexibility index (Phi) is 4.70. The van der Waals surface area contributed by atoms with Crippen LogP contribution in [0.2, 0.25) is 0 Å². The van der Waals surface area contributed by atoms with Gasteiger partial charge in [-0.25, -0.2) is 0 Å². The second kappa shape index (κ2) is 8.08. The summed E-state index contributed by atoms with van der Waals surface area (Å²) in [7, 11) is 0. The SMILES string of the molecule is C=C/C=C(\C=C)n1c2ccccc2c2c3ccccc3c3c4cccc(-c5ccccc5)c4sc3c21. The van der Waals surface area contributed by atoms with Gasteiger partial charge < -0.3 is 4.57 Å². The van der Waals surface area contributed by atoms with Crippen molar-refractivity contribution in [3.05, 3.63) is 128 Å². The lowest BCUT2D eigenvalue weighted by Crippen LogP contribution is -1.94. The summed E-state index contributed by atoms with van der Waals surface area (Å²) in [6, 6.07) is 35.0. The first-order valence-electron chi connectivity index (χ1n) is 12.1. The molecule has 0 bridgehead atoms. The first-order chi connectivity index (χ1) is 17.8. The van der Waals surface area contributed by atoms with Gasteiger partial charge in [-0.05, 0) is 40.1 Å². The van der Waals surface area contributed by atoms with Crippen molar-refractivity contribution in [2.45, 2.75) is 0 Å². The molecule has 2 aromatic heterocycles. The molecule has 2 heteroatoms. The van der Waals surface area contributed by atoms with Gasteiger partial charge in [-0.3, -0.25) is 0 Å². The number of hydrogen-bond donors (Lipinski definition) is 0. The number of para-hydroxylation sites is 1. The van der Waals surface area contributed by atoms with Crippen molar-refractivity contribution in [1.29, 1.82) is 0 Å². The molecule has 0 aliphatic rings. The van der Waals surface area contributed by atoms with E-state index in [0.29, 0.717) is 0 Å². The number of fused-ring (bicyclic) bond motifs is 10. The van der Waals surface area contributed by atoms with E-state index in [0.717, 1.165) is 5.70 Å². The average molecular weight is 478 g/mol. The van der Waals surface area contributed by atoms with Gasteiger partial charge in [0.25, 0.3) is 0 Å². The molecule has 0 amide bonds. The molecular weight excluding hydrogens is 454 g/mol. The molecule has 0 N–H and O–H groups in total. The van der Waals surface area contributed by atoms with Crippen LogP contribution in [-0.4, -0.2) is 4.57 Å². The molecule has 0 spiro atoms. The zero-order chi connectivity index (χ0) is 24.2. The van der Waals surface area contributed by atoms with Crippen LogP contribution in [0.5, 0.6) is 0 Å². The van der Waals surface area contributed by atoms with Gasteiger partial charge in [-0.15, -0.1) is 11.3 Å². The molecule has 170 valence electrons. The number of aromatic nitrogens is 1. The van der Waals surface area contributed by atoms with E-state index in [4.69, 9.17) is 0 Å². The molecule has 36 heavy (non-hydrogen) atoms. The van der Waals surface area contributed by atoms with Gasteiger partial charge >= 0.3 is 0 Å². The molecule has 0 aliphatic heterocycles. The first-order valence-corrected chi connectivity index (χ1v) is 12.9. The number of thiophene rings is 1. The Balaban J connectivity index is 1.80. The Morgan fingerprint density at radius 3 is 2.06 bits per heavy atom. The molecule has 0 saturated carbocycles. The lowest BCUT2D eigenvalue weighted by atomic mass is 9.97. The Labute approximate surface area is 213 Å². The van der Waals surface area contributed by atoms with Crippen LogP contribution in [0, 0.1) is 0 Å². The zero-order valence-corrected chi connectivity index (χ0v) is 20.6. The van der Waals surface area contributed by atoms with E-state index in [9.17, 15) is 0 Å². The minimum absolute atomic E-state index is 1.02. The molecule has 0 aliphatic carbocycles. The average Bonchev–Trinajstić information content (AvgIpc) is 3.49. The maximum Gasteiger partial charge on any atom is 0.0726 e. The van der Waals surface area contributed by atoms with E-state index < -0.39 is 0 Å². The molecular formula is C34H23NS. The number of rotatable bonds is 4. The molecule has 1 nitrogen and oxygen atoms in total. The van der Waals surface area contributed by atoms with E-state index in [1.54, 1.807) is 0 Å². The Morgan fingerprint density at radius 2 is 1.31 bits per heavy atom. The highest BCUT2D eigenvalue weighted by atomic mass is 32.1. The molecule has 7 aromatic rings. The van der Waals surface area contributed by atoms with Gasteiger partial charge in [0.15, 0.2) is 0 Å². The van der Waals surface area contributed by atoms with Gasteiger partial charge in [0.2, 0.25) is 0 Å². The molecule has 0 saturated heterocycles. The van der Waals surface area contributed by atoms with Gasteiger partial charge in [0.1, 0.15) is 0 Å². The fourth-order valence-corrected chi connectivity index (χ4v) is 7.06. The number of nitrogens with zero attached hydrogens (tertiary/aromatic N) is 1. The molecule has 0 radical (unpaired) electrons. The van der Waals surface area contributed by atoms with Crippen LogP contribution in [0.4, 0.5) is 0 Å². The summed E-state index contributed by atoms with van der Waals surface area (Å²) < 4.78 is 4.99. The topological polar surface area (TPSA) is 4.93 Å². The van der Waals surface area contributed by atoms with Crippen molar-refractivity contribution in [2.75, 3.05) is 0 Å². The lowest BCUT2D eigenvalue weighted by molar-refractivity contribution is 1.25. The molecule has 0 fully saturated rings. The van der Waals surface area contributed by atoms with Crippen LogP contribution in [0.3, 0.4) is 0 Å².